The highest BCUT2D eigenvalue weighted by Gasteiger charge is 2.54. The van der Waals surface area contributed by atoms with Gasteiger partial charge in [0.25, 0.3) is 0 Å². The van der Waals surface area contributed by atoms with E-state index in [1.165, 1.54) is 6.42 Å². The molecule has 0 saturated heterocycles. The molecule has 0 heterocycles. The van der Waals surface area contributed by atoms with E-state index in [1.54, 1.807) is 0 Å². The zero-order chi connectivity index (χ0) is 18.6. The fourth-order valence-corrected chi connectivity index (χ4v) is 4.98. The molecule has 1 aromatic carbocycles. The zero-order valence-electron chi connectivity index (χ0n) is 15.8. The molecule has 0 spiro atoms. The van der Waals surface area contributed by atoms with Crippen LogP contribution in [-0.4, -0.2) is 36.0 Å². The van der Waals surface area contributed by atoms with Gasteiger partial charge in [-0.2, -0.15) is 0 Å². The lowest BCUT2D eigenvalue weighted by Gasteiger charge is -2.51. The third-order valence-corrected chi connectivity index (χ3v) is 6.84. The molecule has 2 atom stereocenters. The van der Waals surface area contributed by atoms with Crippen LogP contribution in [0.5, 0.6) is 0 Å². The molecule has 0 bridgehead atoms. The average Bonchev–Trinajstić information content (AvgIpc) is 2.63. The maximum Gasteiger partial charge on any atom is 0.0992 e. The number of alkyl halides is 1. The molecule has 0 amide bonds. The zero-order valence-corrected chi connectivity index (χ0v) is 17.3. The predicted molar refractivity (Wildman–Crippen MR) is 111 cm³/mol. The molecule has 1 saturated carbocycles. The van der Waals surface area contributed by atoms with Crippen LogP contribution in [0.15, 0.2) is 48.6 Å². The Morgan fingerprint density at radius 3 is 2.54 bits per heavy atom. The summed E-state index contributed by atoms with van der Waals surface area (Å²) in [6, 6.07) is 7.91. The van der Waals surface area contributed by atoms with Gasteiger partial charge in [0.15, 0.2) is 0 Å². The van der Waals surface area contributed by atoms with Gasteiger partial charge in [-0.3, -0.25) is 0 Å². The van der Waals surface area contributed by atoms with E-state index in [0.717, 1.165) is 42.8 Å². The van der Waals surface area contributed by atoms with Crippen LogP contribution in [-0.2, 0) is 11.3 Å². The molecule has 0 aliphatic heterocycles. The number of hydrogen-bond donors (Lipinski definition) is 0. The van der Waals surface area contributed by atoms with E-state index in [1.807, 2.05) is 24.3 Å². The second-order valence-electron chi connectivity index (χ2n) is 7.82. The highest BCUT2D eigenvalue weighted by molar-refractivity contribution is 6.31. The first-order valence-electron chi connectivity index (χ1n) is 9.54. The van der Waals surface area contributed by atoms with Crippen molar-refractivity contribution in [3.63, 3.8) is 0 Å². The maximum atomic E-state index is 7.40. The lowest BCUT2D eigenvalue weighted by Crippen LogP contribution is -2.58. The third kappa shape index (κ3) is 4.04. The van der Waals surface area contributed by atoms with Gasteiger partial charge in [-0.25, -0.2) is 0 Å². The van der Waals surface area contributed by atoms with Crippen LogP contribution < -0.4 is 0 Å². The minimum absolute atomic E-state index is 0.216. The molecule has 2 aliphatic carbocycles. The Bertz CT molecular complexity index is 664. The molecule has 4 heteroatoms. The van der Waals surface area contributed by atoms with E-state index in [0.29, 0.717) is 6.61 Å². The Balaban J connectivity index is 1.89. The fraction of sp³-hybridized carbons (Fsp3) is 0.545. The second-order valence-corrected chi connectivity index (χ2v) is 8.85. The SMILES string of the molecule is CN(C)CC1C=CC=CC1(Cl)C1(OCc2ccccc2Cl)CCCCC1. The lowest BCUT2D eigenvalue weighted by molar-refractivity contribution is -0.108. The van der Waals surface area contributed by atoms with Crippen molar-refractivity contribution in [2.45, 2.75) is 49.2 Å². The summed E-state index contributed by atoms with van der Waals surface area (Å²) < 4.78 is 6.67. The van der Waals surface area contributed by atoms with Gasteiger partial charge >= 0.3 is 0 Å². The summed E-state index contributed by atoms with van der Waals surface area (Å²) in [5.41, 5.74) is 0.660. The Morgan fingerprint density at radius 2 is 1.85 bits per heavy atom. The number of benzene rings is 1. The van der Waals surface area contributed by atoms with Gasteiger partial charge in [-0.1, -0.05) is 73.4 Å². The van der Waals surface area contributed by atoms with Crippen molar-refractivity contribution in [2.75, 3.05) is 20.6 Å². The van der Waals surface area contributed by atoms with E-state index in [-0.39, 0.29) is 11.5 Å². The molecule has 2 aliphatic rings. The van der Waals surface area contributed by atoms with Gasteiger partial charge in [0.05, 0.1) is 17.1 Å². The number of ether oxygens (including phenoxy) is 1. The van der Waals surface area contributed by atoms with E-state index in [2.05, 4.69) is 43.3 Å². The van der Waals surface area contributed by atoms with Crippen molar-refractivity contribution in [3.05, 3.63) is 59.2 Å². The first-order chi connectivity index (χ1) is 12.5. The van der Waals surface area contributed by atoms with Gasteiger partial charge in [-0.15, -0.1) is 11.6 Å². The fourth-order valence-electron chi connectivity index (χ4n) is 4.33. The Hall–Kier alpha value is -0.800. The van der Waals surface area contributed by atoms with Gasteiger partial charge in [-0.05, 0) is 38.6 Å². The first kappa shape index (κ1) is 19.9. The molecule has 0 radical (unpaired) electrons. The second kappa shape index (κ2) is 8.48. The van der Waals surface area contributed by atoms with Crippen LogP contribution in [0, 0.1) is 5.92 Å². The van der Waals surface area contributed by atoms with Crippen LogP contribution >= 0.6 is 23.2 Å². The molecule has 2 nitrogen and oxygen atoms in total. The normalized spacial score (nSPS) is 27.8. The Kier molecular flexibility index (Phi) is 6.50. The highest BCUT2D eigenvalue weighted by Crippen LogP contribution is 2.51. The summed E-state index contributed by atoms with van der Waals surface area (Å²) in [6.07, 6.45) is 14.1. The highest BCUT2D eigenvalue weighted by atomic mass is 35.5. The average molecular weight is 394 g/mol. The van der Waals surface area contributed by atoms with E-state index in [9.17, 15) is 0 Å². The van der Waals surface area contributed by atoms with E-state index >= 15 is 0 Å². The minimum Gasteiger partial charge on any atom is -0.368 e. The number of rotatable bonds is 6. The number of halogens is 2. The maximum absolute atomic E-state index is 7.40. The van der Waals surface area contributed by atoms with Crippen molar-refractivity contribution in [1.29, 1.82) is 0 Å². The van der Waals surface area contributed by atoms with Crippen LogP contribution in [0.25, 0.3) is 0 Å². The topological polar surface area (TPSA) is 12.5 Å². The molecule has 142 valence electrons. The standard InChI is InChI=1S/C22H29Cl2NO/c1-25(2)16-19-11-6-9-15-22(19,24)21(13-7-3-8-14-21)26-17-18-10-4-5-12-20(18)23/h4-6,9-12,15,19H,3,7-8,13-14,16-17H2,1-2H3. The van der Waals surface area contributed by atoms with Crippen LogP contribution in [0.2, 0.25) is 5.02 Å². The lowest BCUT2D eigenvalue weighted by atomic mass is 9.68. The molecular formula is C22H29Cl2NO. The summed E-state index contributed by atoms with van der Waals surface area (Å²) in [6.45, 7) is 1.40. The minimum atomic E-state index is -0.534. The predicted octanol–water partition coefficient (Wildman–Crippen LogP) is 5.84. The summed E-state index contributed by atoms with van der Waals surface area (Å²) in [5, 5.41) is 0.756. The largest absolute Gasteiger partial charge is 0.368 e. The molecule has 2 unspecified atom stereocenters. The summed E-state index contributed by atoms with van der Waals surface area (Å²) in [5.74, 6) is 0.216. The van der Waals surface area contributed by atoms with Crippen molar-refractivity contribution in [1.82, 2.24) is 4.90 Å². The summed E-state index contributed by atoms with van der Waals surface area (Å²) in [4.78, 5) is 1.67. The van der Waals surface area contributed by atoms with Gasteiger partial charge in [0, 0.05) is 17.5 Å². The van der Waals surface area contributed by atoms with Crippen molar-refractivity contribution in [2.24, 2.45) is 5.92 Å². The number of hydrogen-bond acceptors (Lipinski definition) is 2. The van der Waals surface area contributed by atoms with E-state index < -0.39 is 4.87 Å². The van der Waals surface area contributed by atoms with Crippen molar-refractivity contribution < 1.29 is 4.74 Å². The molecule has 0 N–H and O–H groups in total. The number of nitrogens with zero attached hydrogens (tertiary/aromatic N) is 1. The smallest absolute Gasteiger partial charge is 0.0992 e. The molecule has 1 fully saturated rings. The van der Waals surface area contributed by atoms with Crippen molar-refractivity contribution in [3.8, 4) is 0 Å². The summed E-state index contributed by atoms with van der Waals surface area (Å²) in [7, 11) is 4.20. The van der Waals surface area contributed by atoms with Gasteiger partial charge in [0.1, 0.15) is 0 Å². The van der Waals surface area contributed by atoms with E-state index in [4.69, 9.17) is 27.9 Å². The van der Waals surface area contributed by atoms with Crippen LogP contribution in [0.1, 0.15) is 37.7 Å². The molecule has 3 rings (SSSR count). The quantitative estimate of drug-likeness (QED) is 0.562. The third-order valence-electron chi connectivity index (χ3n) is 5.72. The first-order valence-corrected chi connectivity index (χ1v) is 10.3. The van der Waals surface area contributed by atoms with Crippen LogP contribution in [0.3, 0.4) is 0 Å². The van der Waals surface area contributed by atoms with Gasteiger partial charge < -0.3 is 9.64 Å². The molecular weight excluding hydrogens is 365 g/mol. The summed E-state index contributed by atoms with van der Waals surface area (Å²) >= 11 is 13.8. The molecule has 0 aromatic heterocycles. The Labute approximate surface area is 167 Å². The Morgan fingerprint density at radius 1 is 1.12 bits per heavy atom. The monoisotopic (exact) mass is 393 g/mol. The van der Waals surface area contributed by atoms with Crippen molar-refractivity contribution >= 4 is 23.2 Å². The van der Waals surface area contributed by atoms with Gasteiger partial charge in [0.2, 0.25) is 0 Å². The molecule has 26 heavy (non-hydrogen) atoms. The molecule has 1 aromatic rings. The van der Waals surface area contributed by atoms with Crippen LogP contribution in [0.4, 0.5) is 0 Å². The number of allylic oxidation sites excluding steroid dienone is 2.